The Morgan fingerprint density at radius 3 is 2.12 bits per heavy atom. The Balaban J connectivity index is 4.62. The second kappa shape index (κ2) is 13.4. The highest BCUT2D eigenvalue weighted by molar-refractivity contribution is 5.89. The van der Waals surface area contributed by atoms with Crippen LogP contribution in [0.1, 0.15) is 67.2 Å². The molecule has 0 aliphatic heterocycles. The zero-order chi connectivity index (χ0) is 20.1. The van der Waals surface area contributed by atoms with Crippen molar-refractivity contribution in [1.29, 1.82) is 0 Å². The zero-order valence-corrected chi connectivity index (χ0v) is 17.1. The number of carbonyl (C=O) groups is 3. The molecule has 0 rings (SSSR count). The van der Waals surface area contributed by atoms with E-state index < -0.39 is 30.1 Å². The predicted octanol–water partition coefficient (Wildman–Crippen LogP) is 3.02. The van der Waals surface area contributed by atoms with Gasteiger partial charge in [-0.1, -0.05) is 53.9 Å². The first-order valence-corrected chi connectivity index (χ1v) is 9.63. The van der Waals surface area contributed by atoms with Gasteiger partial charge in [-0.2, -0.15) is 0 Å². The summed E-state index contributed by atoms with van der Waals surface area (Å²) in [4.78, 5) is 36.4. The fraction of sp³-hybridized carbons (Fsp3) is 0.842. The lowest BCUT2D eigenvalue weighted by Gasteiger charge is -2.25. The van der Waals surface area contributed by atoms with Gasteiger partial charge in [0.15, 0.2) is 0 Å². The molecule has 0 spiro atoms. The Kier molecular flexibility index (Phi) is 12.5. The maximum Gasteiger partial charge on any atom is 0.407 e. The van der Waals surface area contributed by atoms with Crippen LogP contribution in [0.4, 0.5) is 4.79 Å². The fourth-order valence-corrected chi connectivity index (χ4v) is 2.12. The maximum absolute atomic E-state index is 12.5. The summed E-state index contributed by atoms with van der Waals surface area (Å²) in [6.07, 6.45) is 2.90. The summed E-state index contributed by atoms with van der Waals surface area (Å²) in [6.45, 7) is 11.9. The lowest BCUT2D eigenvalue weighted by molar-refractivity contribution is -0.147. The molecular formula is C19H36N2O5. The van der Waals surface area contributed by atoms with E-state index in [1.807, 2.05) is 27.7 Å². The van der Waals surface area contributed by atoms with E-state index in [-0.39, 0.29) is 18.4 Å². The Bertz CT molecular complexity index is 440. The summed E-state index contributed by atoms with van der Waals surface area (Å²) in [5, 5.41) is 5.22. The van der Waals surface area contributed by atoms with E-state index in [4.69, 9.17) is 9.47 Å². The molecule has 0 fully saturated rings. The van der Waals surface area contributed by atoms with Crippen LogP contribution in [-0.4, -0.2) is 43.3 Å². The van der Waals surface area contributed by atoms with Crippen LogP contribution in [0.5, 0.6) is 0 Å². The first-order chi connectivity index (χ1) is 12.2. The smallest absolute Gasteiger partial charge is 0.407 e. The van der Waals surface area contributed by atoms with Gasteiger partial charge in [-0.15, -0.1) is 0 Å². The Hall–Kier alpha value is -1.79. The van der Waals surface area contributed by atoms with Crippen molar-refractivity contribution in [1.82, 2.24) is 10.6 Å². The number of unbranched alkanes of at least 4 members (excludes halogenated alkanes) is 2. The number of ether oxygens (including phenoxy) is 2. The lowest BCUT2D eigenvalue weighted by atomic mass is 9.98. The van der Waals surface area contributed by atoms with Gasteiger partial charge < -0.3 is 20.1 Å². The Morgan fingerprint density at radius 1 is 0.923 bits per heavy atom. The van der Waals surface area contributed by atoms with Crippen molar-refractivity contribution >= 4 is 18.0 Å². The summed E-state index contributed by atoms with van der Waals surface area (Å²) in [5.74, 6) is -0.785. The number of hydrogen-bond acceptors (Lipinski definition) is 5. The van der Waals surface area contributed by atoms with Crippen LogP contribution < -0.4 is 10.6 Å². The highest BCUT2D eigenvalue weighted by Crippen LogP contribution is 2.09. The summed E-state index contributed by atoms with van der Waals surface area (Å²) in [5.41, 5.74) is 0. The van der Waals surface area contributed by atoms with Crippen molar-refractivity contribution in [2.45, 2.75) is 79.3 Å². The lowest BCUT2D eigenvalue weighted by Crippen LogP contribution is -2.53. The van der Waals surface area contributed by atoms with Gasteiger partial charge in [0.25, 0.3) is 0 Å². The Morgan fingerprint density at radius 2 is 1.58 bits per heavy atom. The molecule has 7 nitrogen and oxygen atoms in total. The number of carbonyl (C=O) groups excluding carboxylic acids is 3. The van der Waals surface area contributed by atoms with Crippen molar-refractivity contribution in [3.63, 3.8) is 0 Å². The normalized spacial score (nSPS) is 14.3. The van der Waals surface area contributed by atoms with Gasteiger partial charge in [0.2, 0.25) is 5.91 Å². The molecule has 0 aromatic rings. The van der Waals surface area contributed by atoms with Crippen LogP contribution >= 0.6 is 0 Å². The van der Waals surface area contributed by atoms with E-state index in [9.17, 15) is 14.4 Å². The number of alkyl carbamates (subject to hydrolysis) is 1. The summed E-state index contributed by atoms with van der Waals surface area (Å²) in [6, 6.07) is -1.54. The van der Waals surface area contributed by atoms with Gasteiger partial charge in [-0.25, -0.2) is 9.59 Å². The van der Waals surface area contributed by atoms with Gasteiger partial charge in [0, 0.05) is 0 Å². The third-order valence-electron chi connectivity index (χ3n) is 4.02. The zero-order valence-electron chi connectivity index (χ0n) is 17.1. The number of nitrogens with one attached hydrogen (secondary N) is 2. The molecule has 0 aromatic carbocycles. The van der Waals surface area contributed by atoms with Crippen LogP contribution in [0.25, 0.3) is 0 Å². The first kappa shape index (κ1) is 24.2. The van der Waals surface area contributed by atoms with E-state index in [2.05, 4.69) is 17.6 Å². The minimum Gasteiger partial charge on any atom is -0.464 e. The van der Waals surface area contributed by atoms with Crippen LogP contribution in [0, 0.1) is 11.8 Å². The molecule has 7 heteroatoms. The highest BCUT2D eigenvalue weighted by atomic mass is 16.5. The van der Waals surface area contributed by atoms with E-state index in [0.717, 1.165) is 19.3 Å². The largest absolute Gasteiger partial charge is 0.464 e. The quantitative estimate of drug-likeness (QED) is 0.406. The van der Waals surface area contributed by atoms with E-state index >= 15 is 0 Å². The van der Waals surface area contributed by atoms with E-state index in [1.54, 1.807) is 6.92 Å². The van der Waals surface area contributed by atoms with Crippen molar-refractivity contribution < 1.29 is 23.9 Å². The third-order valence-corrected chi connectivity index (χ3v) is 4.02. The monoisotopic (exact) mass is 372 g/mol. The van der Waals surface area contributed by atoms with Gasteiger partial charge in [0.1, 0.15) is 12.1 Å². The van der Waals surface area contributed by atoms with Gasteiger partial charge >= 0.3 is 12.1 Å². The van der Waals surface area contributed by atoms with Crippen LogP contribution in [0.3, 0.4) is 0 Å². The summed E-state index contributed by atoms with van der Waals surface area (Å²) < 4.78 is 10.2. The molecule has 2 amide bonds. The average molecular weight is 373 g/mol. The van der Waals surface area contributed by atoms with Crippen molar-refractivity contribution in [2.24, 2.45) is 11.8 Å². The molecule has 0 aromatic heterocycles. The number of amides is 2. The molecule has 0 saturated heterocycles. The van der Waals surface area contributed by atoms with Gasteiger partial charge in [-0.05, 0) is 25.2 Å². The molecular weight excluding hydrogens is 336 g/mol. The molecule has 0 aliphatic rings. The van der Waals surface area contributed by atoms with Crippen LogP contribution in [0.15, 0.2) is 0 Å². The molecule has 0 bridgehead atoms. The minimum absolute atomic E-state index is 0.102. The minimum atomic E-state index is -0.774. The topological polar surface area (TPSA) is 93.7 Å². The molecule has 0 radical (unpaired) electrons. The summed E-state index contributed by atoms with van der Waals surface area (Å²) >= 11 is 0. The maximum atomic E-state index is 12.5. The average Bonchev–Trinajstić information content (AvgIpc) is 2.60. The van der Waals surface area contributed by atoms with Gasteiger partial charge in [-0.3, -0.25) is 4.79 Å². The third kappa shape index (κ3) is 10.3. The fourth-order valence-electron chi connectivity index (χ4n) is 2.12. The highest BCUT2D eigenvalue weighted by Gasteiger charge is 2.29. The molecule has 3 unspecified atom stereocenters. The molecule has 152 valence electrons. The molecule has 0 aliphatic carbocycles. The van der Waals surface area contributed by atoms with E-state index in [0.29, 0.717) is 13.0 Å². The molecule has 26 heavy (non-hydrogen) atoms. The Labute approximate surface area is 157 Å². The second-order valence-corrected chi connectivity index (χ2v) is 7.10. The van der Waals surface area contributed by atoms with Crippen LogP contribution in [-0.2, 0) is 19.1 Å². The number of hydrogen-bond donors (Lipinski definition) is 2. The van der Waals surface area contributed by atoms with Crippen molar-refractivity contribution in [3.05, 3.63) is 0 Å². The number of esters is 1. The molecule has 2 N–H and O–H groups in total. The molecule has 0 saturated carbocycles. The molecule has 3 atom stereocenters. The second-order valence-electron chi connectivity index (χ2n) is 7.10. The van der Waals surface area contributed by atoms with Crippen LogP contribution in [0.2, 0.25) is 0 Å². The first-order valence-electron chi connectivity index (χ1n) is 9.63. The van der Waals surface area contributed by atoms with Crippen molar-refractivity contribution in [2.75, 3.05) is 13.2 Å². The molecule has 0 heterocycles. The van der Waals surface area contributed by atoms with Crippen molar-refractivity contribution in [3.8, 4) is 0 Å². The van der Waals surface area contributed by atoms with E-state index in [1.165, 1.54) is 0 Å². The summed E-state index contributed by atoms with van der Waals surface area (Å²) in [7, 11) is 0. The SMILES string of the molecule is CCCCCOC(=O)C(C)NC(=O)C(NC(=O)OCC(C)C)C(C)CC. The standard InChI is InChI=1S/C19H36N2O5/c1-7-9-10-11-25-18(23)15(6)20-17(22)16(14(5)8-2)21-19(24)26-12-13(3)4/h13-16H,7-12H2,1-6H3,(H,20,22)(H,21,24). The van der Waals surface area contributed by atoms with Gasteiger partial charge in [0.05, 0.1) is 13.2 Å². The predicted molar refractivity (Wildman–Crippen MR) is 101 cm³/mol. The number of rotatable bonds is 12.